The largest absolute Gasteiger partial charge is 0.490 e. The van der Waals surface area contributed by atoms with Crippen LogP contribution in [-0.2, 0) is 0 Å². The zero-order valence-corrected chi connectivity index (χ0v) is 14.0. The number of benzene rings is 2. The van der Waals surface area contributed by atoms with E-state index in [4.69, 9.17) is 39.5 Å². The maximum absolute atomic E-state index is 12.9. The van der Waals surface area contributed by atoms with Crippen LogP contribution in [0.4, 0.5) is 14.9 Å². The van der Waals surface area contributed by atoms with Gasteiger partial charge in [-0.1, -0.05) is 40.9 Å². The fourth-order valence-electron chi connectivity index (χ4n) is 1.68. The highest BCUT2D eigenvalue weighted by Crippen LogP contribution is 2.29. The smallest absolute Gasteiger partial charge is 0.319 e. The summed E-state index contributed by atoms with van der Waals surface area (Å²) >= 11 is 17.6. The lowest BCUT2D eigenvalue weighted by Gasteiger charge is -2.11. The van der Waals surface area contributed by atoms with Crippen molar-refractivity contribution in [3.63, 3.8) is 0 Å². The van der Waals surface area contributed by atoms with Gasteiger partial charge in [-0.3, -0.25) is 0 Å². The van der Waals surface area contributed by atoms with Gasteiger partial charge >= 0.3 is 6.03 Å². The average molecular weight is 378 g/mol. The lowest BCUT2D eigenvalue weighted by molar-refractivity contribution is 0.247. The summed E-state index contributed by atoms with van der Waals surface area (Å²) in [6.07, 6.45) is 0. The quantitative estimate of drug-likeness (QED) is 0.722. The Morgan fingerprint density at radius 1 is 1.13 bits per heavy atom. The Bertz CT molecular complexity index is 713. The van der Waals surface area contributed by atoms with E-state index < -0.39 is 11.8 Å². The third-order valence-corrected chi connectivity index (χ3v) is 3.85. The Morgan fingerprint density at radius 3 is 2.65 bits per heavy atom. The summed E-state index contributed by atoms with van der Waals surface area (Å²) < 4.78 is 18.2. The lowest BCUT2D eigenvalue weighted by Crippen LogP contribution is -2.32. The molecule has 0 aliphatic rings. The topological polar surface area (TPSA) is 50.4 Å². The Morgan fingerprint density at radius 2 is 1.91 bits per heavy atom. The van der Waals surface area contributed by atoms with Gasteiger partial charge in [-0.05, 0) is 30.3 Å². The van der Waals surface area contributed by atoms with E-state index in [0.29, 0.717) is 16.5 Å². The van der Waals surface area contributed by atoms with Crippen LogP contribution in [0.15, 0.2) is 36.4 Å². The van der Waals surface area contributed by atoms with Crippen LogP contribution in [0.2, 0.25) is 15.1 Å². The van der Waals surface area contributed by atoms with Crippen molar-refractivity contribution in [2.24, 2.45) is 0 Å². The minimum atomic E-state index is -0.456. The molecule has 0 spiro atoms. The highest BCUT2D eigenvalue weighted by Gasteiger charge is 2.08. The third-order valence-electron chi connectivity index (χ3n) is 2.74. The number of urea groups is 1. The molecule has 2 rings (SSSR count). The van der Waals surface area contributed by atoms with E-state index in [9.17, 15) is 9.18 Å². The predicted octanol–water partition coefficient (Wildman–Crippen LogP) is 4.99. The van der Waals surface area contributed by atoms with Gasteiger partial charge in [0.1, 0.15) is 18.2 Å². The molecule has 4 nitrogen and oxygen atoms in total. The molecule has 2 N–H and O–H groups in total. The standard InChI is InChI=1S/C15H12Cl3FN2O2/c16-10-2-1-3-12(14(10)18)21-15(22)20-6-7-23-13-5-4-9(19)8-11(13)17/h1-5,8H,6-7H2,(H2,20,21,22). The van der Waals surface area contributed by atoms with Gasteiger partial charge in [-0.2, -0.15) is 0 Å². The number of carbonyl (C=O) groups is 1. The molecular weight excluding hydrogens is 366 g/mol. The van der Waals surface area contributed by atoms with Crippen molar-refractivity contribution in [1.29, 1.82) is 0 Å². The molecule has 0 aliphatic carbocycles. The molecule has 23 heavy (non-hydrogen) atoms. The molecule has 2 aromatic rings. The van der Waals surface area contributed by atoms with E-state index in [0.717, 1.165) is 6.07 Å². The Labute approximate surface area is 147 Å². The van der Waals surface area contributed by atoms with Gasteiger partial charge < -0.3 is 15.4 Å². The minimum absolute atomic E-state index is 0.167. The summed E-state index contributed by atoms with van der Waals surface area (Å²) in [5.41, 5.74) is 0.402. The van der Waals surface area contributed by atoms with Crippen molar-refractivity contribution in [3.8, 4) is 5.75 Å². The van der Waals surface area contributed by atoms with E-state index in [1.165, 1.54) is 12.1 Å². The molecule has 0 atom stereocenters. The molecule has 122 valence electrons. The van der Waals surface area contributed by atoms with E-state index >= 15 is 0 Å². The number of amides is 2. The van der Waals surface area contributed by atoms with Gasteiger partial charge in [0.2, 0.25) is 0 Å². The monoisotopic (exact) mass is 376 g/mol. The number of nitrogens with one attached hydrogen (secondary N) is 2. The highest BCUT2D eigenvalue weighted by molar-refractivity contribution is 6.43. The summed E-state index contributed by atoms with van der Waals surface area (Å²) in [4.78, 5) is 11.7. The van der Waals surface area contributed by atoms with Crippen molar-refractivity contribution in [2.75, 3.05) is 18.5 Å². The van der Waals surface area contributed by atoms with Crippen LogP contribution < -0.4 is 15.4 Å². The Kier molecular flexibility index (Phi) is 6.33. The van der Waals surface area contributed by atoms with Gasteiger partial charge in [-0.15, -0.1) is 0 Å². The Balaban J connectivity index is 1.78. The first-order chi connectivity index (χ1) is 11.0. The first kappa shape index (κ1) is 17.7. The molecule has 0 bridgehead atoms. The van der Waals surface area contributed by atoms with E-state index in [2.05, 4.69) is 10.6 Å². The van der Waals surface area contributed by atoms with Gasteiger partial charge in [0.15, 0.2) is 0 Å². The SMILES string of the molecule is O=C(NCCOc1ccc(F)cc1Cl)Nc1cccc(Cl)c1Cl. The first-order valence-electron chi connectivity index (χ1n) is 6.54. The van der Waals surface area contributed by atoms with Crippen molar-refractivity contribution in [3.05, 3.63) is 57.3 Å². The molecule has 0 aromatic heterocycles. The van der Waals surface area contributed by atoms with E-state index in [1.54, 1.807) is 18.2 Å². The zero-order chi connectivity index (χ0) is 16.8. The molecule has 0 saturated heterocycles. The molecular formula is C15H12Cl3FN2O2. The molecule has 8 heteroatoms. The number of carbonyl (C=O) groups excluding carboxylic acids is 1. The van der Waals surface area contributed by atoms with Gasteiger partial charge in [0.05, 0.1) is 27.3 Å². The molecule has 0 radical (unpaired) electrons. The van der Waals surface area contributed by atoms with Crippen LogP contribution in [0, 0.1) is 5.82 Å². The van der Waals surface area contributed by atoms with Crippen LogP contribution >= 0.6 is 34.8 Å². The second-order valence-electron chi connectivity index (χ2n) is 4.41. The summed E-state index contributed by atoms with van der Waals surface area (Å²) in [6.45, 7) is 0.389. The highest BCUT2D eigenvalue weighted by atomic mass is 35.5. The number of hydrogen-bond acceptors (Lipinski definition) is 2. The average Bonchev–Trinajstić information content (AvgIpc) is 2.50. The molecule has 2 aromatic carbocycles. The molecule has 2 amide bonds. The van der Waals surface area contributed by atoms with Crippen LogP contribution in [-0.4, -0.2) is 19.2 Å². The number of halogens is 4. The Hall–Kier alpha value is -1.69. The first-order valence-corrected chi connectivity index (χ1v) is 7.67. The van der Waals surface area contributed by atoms with Crippen LogP contribution in [0.3, 0.4) is 0 Å². The molecule has 0 aliphatic heterocycles. The van der Waals surface area contributed by atoms with Gasteiger partial charge in [0, 0.05) is 0 Å². The van der Waals surface area contributed by atoms with Crippen molar-refractivity contribution in [2.45, 2.75) is 0 Å². The number of anilines is 1. The summed E-state index contributed by atoms with van der Waals surface area (Å²) in [5, 5.41) is 5.93. The summed E-state index contributed by atoms with van der Waals surface area (Å²) in [6, 6.07) is 8.27. The second kappa shape index (κ2) is 8.24. The van der Waals surface area contributed by atoms with Gasteiger partial charge in [-0.25, -0.2) is 9.18 Å². The predicted molar refractivity (Wildman–Crippen MR) is 90.4 cm³/mol. The number of hydrogen-bond donors (Lipinski definition) is 2. The summed E-state index contributed by atoms with van der Waals surface area (Å²) in [7, 11) is 0. The van der Waals surface area contributed by atoms with Crippen LogP contribution in [0.5, 0.6) is 5.75 Å². The maximum atomic E-state index is 12.9. The molecule has 0 saturated carbocycles. The molecule has 0 fully saturated rings. The second-order valence-corrected chi connectivity index (χ2v) is 5.60. The fraction of sp³-hybridized carbons (Fsp3) is 0.133. The van der Waals surface area contributed by atoms with Crippen molar-refractivity contribution < 1.29 is 13.9 Å². The van der Waals surface area contributed by atoms with Gasteiger partial charge in [0.25, 0.3) is 0 Å². The minimum Gasteiger partial charge on any atom is -0.490 e. The zero-order valence-electron chi connectivity index (χ0n) is 11.7. The lowest BCUT2D eigenvalue weighted by atomic mass is 10.3. The van der Waals surface area contributed by atoms with Crippen molar-refractivity contribution in [1.82, 2.24) is 5.32 Å². The van der Waals surface area contributed by atoms with E-state index in [1.807, 2.05) is 0 Å². The molecule has 0 heterocycles. The van der Waals surface area contributed by atoms with Crippen LogP contribution in [0.1, 0.15) is 0 Å². The summed E-state index contributed by atoms with van der Waals surface area (Å²) in [5.74, 6) is -0.105. The van der Waals surface area contributed by atoms with E-state index in [-0.39, 0.29) is 23.2 Å². The molecule has 0 unspecified atom stereocenters. The normalized spacial score (nSPS) is 10.3. The maximum Gasteiger partial charge on any atom is 0.319 e. The van der Waals surface area contributed by atoms with Crippen LogP contribution in [0.25, 0.3) is 0 Å². The van der Waals surface area contributed by atoms with Crippen molar-refractivity contribution >= 4 is 46.5 Å². The number of rotatable bonds is 5. The number of ether oxygens (including phenoxy) is 1. The fourth-order valence-corrected chi connectivity index (χ4v) is 2.25. The third kappa shape index (κ3) is 5.16.